The minimum Gasteiger partial charge on any atom is -0.459 e. The molecule has 3 heterocycles. The van der Waals surface area contributed by atoms with Crippen molar-refractivity contribution in [3.63, 3.8) is 0 Å². The molecule has 0 bridgehead atoms. The highest BCUT2D eigenvalue weighted by Crippen LogP contribution is 2.45. The van der Waals surface area contributed by atoms with Crippen LogP contribution in [-0.4, -0.2) is 23.3 Å². The quantitative estimate of drug-likeness (QED) is 0.707. The topological polar surface area (TPSA) is 66.0 Å². The van der Waals surface area contributed by atoms with Gasteiger partial charge in [0.25, 0.3) is 0 Å². The Labute approximate surface area is 163 Å². The normalized spacial score (nSPS) is 21.1. The van der Waals surface area contributed by atoms with E-state index in [0.29, 0.717) is 5.76 Å². The Morgan fingerprint density at radius 2 is 1.96 bits per heavy atom. The molecule has 0 radical (unpaired) electrons. The van der Waals surface area contributed by atoms with E-state index in [0.717, 1.165) is 57.8 Å². The number of ketones is 1. The van der Waals surface area contributed by atoms with Crippen LogP contribution in [-0.2, 0) is 6.61 Å². The largest absolute Gasteiger partial charge is 0.459 e. The second kappa shape index (κ2) is 5.79. The van der Waals surface area contributed by atoms with Gasteiger partial charge in [0.1, 0.15) is 23.8 Å². The number of benzene rings is 2. The second-order valence-electron chi connectivity index (χ2n) is 8.04. The van der Waals surface area contributed by atoms with Crippen LogP contribution in [0.1, 0.15) is 40.6 Å². The zero-order valence-electron chi connectivity index (χ0n) is 16.2. The molecule has 1 atom stereocenters. The lowest BCUT2D eigenvalue weighted by Gasteiger charge is -2.31. The molecule has 0 unspecified atom stereocenters. The van der Waals surface area contributed by atoms with Crippen molar-refractivity contribution in [3.8, 4) is 0 Å². The Morgan fingerprint density at radius 3 is 2.75 bits per heavy atom. The van der Waals surface area contributed by atoms with Crippen molar-refractivity contribution in [2.24, 2.45) is 10.4 Å². The van der Waals surface area contributed by atoms with Crippen LogP contribution in [0.4, 0.5) is 11.4 Å². The van der Waals surface area contributed by atoms with Crippen molar-refractivity contribution in [1.29, 1.82) is 0 Å². The van der Waals surface area contributed by atoms with Gasteiger partial charge in [-0.1, -0.05) is 0 Å². The maximum absolute atomic E-state index is 13.4. The summed E-state index contributed by atoms with van der Waals surface area (Å²) in [5.41, 5.74) is 4.88. The molecule has 5 heteroatoms. The zero-order valence-corrected chi connectivity index (χ0v) is 16.2. The molecule has 0 spiro atoms. The van der Waals surface area contributed by atoms with Crippen molar-refractivity contribution in [1.82, 2.24) is 0 Å². The first kappa shape index (κ1) is 17.2. The lowest BCUT2D eigenvalue weighted by atomic mass is 9.77. The number of rotatable bonds is 2. The summed E-state index contributed by atoms with van der Waals surface area (Å²) in [6.45, 7) is 6.70. The van der Waals surface area contributed by atoms with E-state index in [4.69, 9.17) is 9.41 Å². The number of nitrogens with zero attached hydrogens (tertiary/aromatic N) is 2. The number of aliphatic hydroxyl groups excluding tert-OH is 1. The monoisotopic (exact) mass is 374 g/mol. The molecule has 142 valence electrons. The standard InChI is InChI=1S/C23H22N2O3/c1-13-8-18-19(9-14(13)2)24-22-23(3,21(18)27)6-7-25(22)16-4-5-20-15(10-16)11-17(12-26)28-20/h4-5,8-11,26H,6-7,12H2,1-3H3/t23-/m0/s1. The number of carbonyl (C=O) groups is 1. The lowest BCUT2D eigenvalue weighted by Crippen LogP contribution is -2.40. The lowest BCUT2D eigenvalue weighted by molar-refractivity contribution is 0.0887. The van der Waals surface area contributed by atoms with Crippen LogP contribution in [0.2, 0.25) is 0 Å². The van der Waals surface area contributed by atoms with Crippen molar-refractivity contribution >= 4 is 34.0 Å². The fraction of sp³-hybridized carbons (Fsp3) is 0.304. The van der Waals surface area contributed by atoms with Crippen LogP contribution in [0.3, 0.4) is 0 Å². The minimum atomic E-state index is -0.601. The van der Waals surface area contributed by atoms with E-state index in [1.807, 2.05) is 57.2 Å². The zero-order chi connectivity index (χ0) is 19.6. The highest BCUT2D eigenvalue weighted by molar-refractivity contribution is 6.26. The van der Waals surface area contributed by atoms with Crippen LogP contribution in [0.15, 0.2) is 45.8 Å². The van der Waals surface area contributed by atoms with Crippen LogP contribution >= 0.6 is 0 Å². The summed E-state index contributed by atoms with van der Waals surface area (Å²) in [5, 5.41) is 10.2. The molecule has 2 aliphatic rings. The molecule has 5 rings (SSSR count). The predicted molar refractivity (Wildman–Crippen MR) is 110 cm³/mol. The maximum atomic E-state index is 13.4. The number of hydrogen-bond donors (Lipinski definition) is 1. The van der Waals surface area contributed by atoms with Gasteiger partial charge in [-0.15, -0.1) is 0 Å². The molecule has 0 aliphatic carbocycles. The van der Waals surface area contributed by atoms with Crippen LogP contribution in [0, 0.1) is 19.3 Å². The van der Waals surface area contributed by atoms with E-state index >= 15 is 0 Å². The van der Waals surface area contributed by atoms with Crippen molar-refractivity contribution in [2.75, 3.05) is 11.4 Å². The van der Waals surface area contributed by atoms with Crippen LogP contribution in [0.5, 0.6) is 0 Å². The molecular weight excluding hydrogens is 352 g/mol. The number of carbonyl (C=O) groups excluding carboxylic acids is 1. The third kappa shape index (κ3) is 2.29. The van der Waals surface area contributed by atoms with Crippen LogP contribution in [0.25, 0.3) is 11.0 Å². The molecule has 3 aromatic rings. The minimum absolute atomic E-state index is 0.122. The molecule has 0 saturated carbocycles. The highest BCUT2D eigenvalue weighted by Gasteiger charge is 2.50. The molecule has 1 aromatic heterocycles. The SMILES string of the molecule is Cc1cc2c(cc1C)C(=O)[C@]1(C)CCN(c3ccc4oc(CO)cc4c3)C1=N2. The fourth-order valence-electron chi connectivity index (χ4n) is 4.32. The molecule has 5 nitrogen and oxygen atoms in total. The third-order valence-electron chi connectivity index (χ3n) is 6.19. The van der Waals surface area contributed by atoms with Gasteiger partial charge in [0, 0.05) is 23.2 Å². The number of anilines is 1. The second-order valence-corrected chi connectivity index (χ2v) is 8.04. The van der Waals surface area contributed by atoms with Gasteiger partial charge in [0.2, 0.25) is 0 Å². The molecule has 0 amide bonds. The third-order valence-corrected chi connectivity index (χ3v) is 6.19. The van der Waals surface area contributed by atoms with Crippen molar-refractivity contribution < 1.29 is 14.3 Å². The average molecular weight is 374 g/mol. The predicted octanol–water partition coefficient (Wildman–Crippen LogP) is 4.68. The molecule has 1 saturated heterocycles. The molecular formula is C23H22N2O3. The number of aryl methyl sites for hydroxylation is 2. The van der Waals surface area contributed by atoms with E-state index in [9.17, 15) is 9.90 Å². The number of aliphatic imine (C=N–C) groups is 1. The summed E-state index contributed by atoms with van der Waals surface area (Å²) in [4.78, 5) is 20.5. The summed E-state index contributed by atoms with van der Waals surface area (Å²) in [5.74, 6) is 1.52. The van der Waals surface area contributed by atoms with E-state index in [-0.39, 0.29) is 12.4 Å². The summed E-state index contributed by atoms with van der Waals surface area (Å²) >= 11 is 0. The van der Waals surface area contributed by atoms with Crippen molar-refractivity contribution in [3.05, 3.63) is 58.8 Å². The first-order valence-corrected chi connectivity index (χ1v) is 9.57. The maximum Gasteiger partial charge on any atom is 0.178 e. The van der Waals surface area contributed by atoms with E-state index < -0.39 is 5.41 Å². The summed E-state index contributed by atoms with van der Waals surface area (Å²) in [6, 6.07) is 11.8. The van der Waals surface area contributed by atoms with Gasteiger partial charge in [-0.05, 0) is 74.7 Å². The summed E-state index contributed by atoms with van der Waals surface area (Å²) in [7, 11) is 0. The first-order chi connectivity index (χ1) is 13.4. The number of aliphatic hydroxyl groups is 1. The van der Waals surface area contributed by atoms with Gasteiger partial charge in [0.05, 0.1) is 11.1 Å². The molecule has 2 aliphatic heterocycles. The van der Waals surface area contributed by atoms with Gasteiger partial charge >= 0.3 is 0 Å². The smallest absolute Gasteiger partial charge is 0.178 e. The Hall–Kier alpha value is -2.92. The molecule has 1 fully saturated rings. The Kier molecular flexibility index (Phi) is 3.55. The number of hydrogen-bond acceptors (Lipinski definition) is 5. The Bertz CT molecular complexity index is 1170. The Morgan fingerprint density at radius 1 is 1.18 bits per heavy atom. The van der Waals surface area contributed by atoms with Gasteiger partial charge in [-0.25, -0.2) is 4.99 Å². The van der Waals surface area contributed by atoms with E-state index in [1.165, 1.54) is 0 Å². The molecule has 28 heavy (non-hydrogen) atoms. The fourth-order valence-corrected chi connectivity index (χ4v) is 4.32. The highest BCUT2D eigenvalue weighted by atomic mass is 16.4. The first-order valence-electron chi connectivity index (χ1n) is 9.57. The number of Topliss-reactive ketones (excluding diaryl/α,β-unsaturated/α-hetero) is 1. The summed E-state index contributed by atoms with van der Waals surface area (Å²) in [6.07, 6.45) is 0.738. The van der Waals surface area contributed by atoms with E-state index in [1.54, 1.807) is 0 Å². The number of fused-ring (bicyclic) bond motifs is 3. The van der Waals surface area contributed by atoms with Gasteiger partial charge < -0.3 is 14.4 Å². The molecule has 1 N–H and O–H groups in total. The Balaban J connectivity index is 1.64. The molecule has 2 aromatic carbocycles. The average Bonchev–Trinajstić information content (AvgIpc) is 3.25. The van der Waals surface area contributed by atoms with Gasteiger partial charge in [0.15, 0.2) is 5.78 Å². The number of amidine groups is 1. The summed E-state index contributed by atoms with van der Waals surface area (Å²) < 4.78 is 5.60. The van der Waals surface area contributed by atoms with E-state index in [2.05, 4.69) is 4.90 Å². The van der Waals surface area contributed by atoms with Gasteiger partial charge in [-0.3, -0.25) is 4.79 Å². The van der Waals surface area contributed by atoms with Crippen molar-refractivity contribution in [2.45, 2.75) is 33.8 Å². The number of furan rings is 1. The van der Waals surface area contributed by atoms with Gasteiger partial charge in [-0.2, -0.15) is 0 Å². The van der Waals surface area contributed by atoms with Crippen LogP contribution < -0.4 is 4.90 Å².